The molecule has 0 amide bonds. The average molecular weight is 229 g/mol. The quantitative estimate of drug-likeness (QED) is 0.555. The van der Waals surface area contributed by atoms with Crippen LogP contribution in [-0.2, 0) is 0 Å². The largest absolute Gasteiger partial charge is 0.468 e. The normalized spacial score (nSPS) is 13.0. The lowest BCUT2D eigenvalue weighted by molar-refractivity contribution is 0.196. The van der Waals surface area contributed by atoms with Gasteiger partial charge >= 0.3 is 0 Å². The van der Waals surface area contributed by atoms with E-state index in [4.69, 9.17) is 4.42 Å². The van der Waals surface area contributed by atoms with Crippen molar-refractivity contribution >= 4 is 11.8 Å². The first kappa shape index (κ1) is 12.6. The minimum atomic E-state index is -0.296. The lowest BCUT2D eigenvalue weighted by Crippen LogP contribution is -2.28. The zero-order valence-electron chi connectivity index (χ0n) is 9.32. The van der Waals surface area contributed by atoms with Gasteiger partial charge in [0.05, 0.1) is 12.4 Å². The van der Waals surface area contributed by atoms with Crippen molar-refractivity contribution in [3.8, 4) is 0 Å². The van der Waals surface area contributed by atoms with Crippen molar-refractivity contribution in [2.45, 2.75) is 31.3 Å². The van der Waals surface area contributed by atoms with Crippen LogP contribution in [0.25, 0.3) is 0 Å². The van der Waals surface area contributed by atoms with Crippen LogP contribution in [0.5, 0.6) is 0 Å². The molecule has 0 saturated heterocycles. The topological polar surface area (TPSA) is 45.4 Å². The fraction of sp³-hybridized carbons (Fsp3) is 0.636. The summed E-state index contributed by atoms with van der Waals surface area (Å²) in [6.45, 7) is 5.68. The maximum atomic E-state index is 9.65. The highest BCUT2D eigenvalue weighted by atomic mass is 32.2. The summed E-state index contributed by atoms with van der Waals surface area (Å²) >= 11 is 1.64. The van der Waals surface area contributed by atoms with Crippen LogP contribution in [0.2, 0.25) is 0 Å². The molecule has 3 nitrogen and oxygen atoms in total. The van der Waals surface area contributed by atoms with E-state index in [1.54, 1.807) is 18.0 Å². The van der Waals surface area contributed by atoms with Crippen molar-refractivity contribution in [3.63, 3.8) is 0 Å². The molecule has 15 heavy (non-hydrogen) atoms. The van der Waals surface area contributed by atoms with E-state index in [1.807, 2.05) is 13.0 Å². The van der Waals surface area contributed by atoms with Crippen LogP contribution in [-0.4, -0.2) is 30.1 Å². The summed E-state index contributed by atoms with van der Waals surface area (Å²) in [4.78, 5) is 1.12. The number of aliphatic hydroxyl groups excluding tert-OH is 1. The summed E-state index contributed by atoms with van der Waals surface area (Å²) in [7, 11) is 0. The standard InChI is InChI=1S/C11H19NO2S/c1-3-5-12-7-10(13)8-15-11-4-6-14-9(11)2/h4,6,10,12-13H,3,5,7-8H2,1-2H3. The van der Waals surface area contributed by atoms with E-state index in [0.717, 1.165) is 23.6 Å². The zero-order valence-corrected chi connectivity index (χ0v) is 10.1. The van der Waals surface area contributed by atoms with E-state index in [1.165, 1.54) is 0 Å². The smallest absolute Gasteiger partial charge is 0.114 e. The van der Waals surface area contributed by atoms with Crippen molar-refractivity contribution in [2.24, 2.45) is 0 Å². The van der Waals surface area contributed by atoms with E-state index >= 15 is 0 Å². The van der Waals surface area contributed by atoms with Gasteiger partial charge in [-0.2, -0.15) is 0 Å². The van der Waals surface area contributed by atoms with Crippen LogP contribution >= 0.6 is 11.8 Å². The van der Waals surface area contributed by atoms with E-state index in [9.17, 15) is 5.11 Å². The summed E-state index contributed by atoms with van der Waals surface area (Å²) in [6.07, 6.45) is 2.48. The first-order valence-electron chi connectivity index (χ1n) is 5.29. The molecule has 1 heterocycles. The molecule has 1 aromatic rings. The van der Waals surface area contributed by atoms with Gasteiger partial charge in [-0.3, -0.25) is 0 Å². The lowest BCUT2D eigenvalue weighted by atomic mass is 10.4. The average Bonchev–Trinajstić information content (AvgIpc) is 2.61. The molecule has 1 atom stereocenters. The molecule has 0 bridgehead atoms. The molecule has 0 aliphatic heterocycles. The van der Waals surface area contributed by atoms with Crippen molar-refractivity contribution in [3.05, 3.63) is 18.1 Å². The number of hydrogen-bond acceptors (Lipinski definition) is 4. The molecule has 0 aliphatic carbocycles. The Bertz CT molecular complexity index is 275. The highest BCUT2D eigenvalue weighted by molar-refractivity contribution is 7.99. The summed E-state index contributed by atoms with van der Waals surface area (Å²) in [6, 6.07) is 1.94. The number of nitrogens with one attached hydrogen (secondary N) is 1. The van der Waals surface area contributed by atoms with Gasteiger partial charge in [0.25, 0.3) is 0 Å². The molecule has 86 valence electrons. The summed E-state index contributed by atoms with van der Waals surface area (Å²) in [5, 5.41) is 12.8. The number of aliphatic hydroxyl groups is 1. The summed E-state index contributed by atoms with van der Waals surface area (Å²) < 4.78 is 5.18. The molecule has 0 aliphatic rings. The molecule has 0 aromatic carbocycles. The summed E-state index contributed by atoms with van der Waals surface area (Å²) in [5.41, 5.74) is 0. The Kier molecular flexibility index (Phi) is 5.83. The van der Waals surface area contributed by atoms with E-state index < -0.39 is 0 Å². The van der Waals surface area contributed by atoms with Gasteiger partial charge in [-0.05, 0) is 26.0 Å². The molecule has 4 heteroatoms. The van der Waals surface area contributed by atoms with Crippen LogP contribution in [0, 0.1) is 6.92 Å². The first-order chi connectivity index (χ1) is 7.24. The minimum Gasteiger partial charge on any atom is -0.468 e. The van der Waals surface area contributed by atoms with Crippen molar-refractivity contribution in [1.82, 2.24) is 5.32 Å². The van der Waals surface area contributed by atoms with Crippen molar-refractivity contribution in [1.29, 1.82) is 0 Å². The van der Waals surface area contributed by atoms with Gasteiger partial charge in [0.15, 0.2) is 0 Å². The predicted octanol–water partition coefficient (Wildman–Crippen LogP) is 2.04. The predicted molar refractivity (Wildman–Crippen MR) is 63.3 cm³/mol. The lowest BCUT2D eigenvalue weighted by Gasteiger charge is -2.10. The van der Waals surface area contributed by atoms with Crippen molar-refractivity contribution in [2.75, 3.05) is 18.8 Å². The second-order valence-corrected chi connectivity index (χ2v) is 4.57. The molecule has 1 unspecified atom stereocenters. The second kappa shape index (κ2) is 6.93. The van der Waals surface area contributed by atoms with Crippen LogP contribution in [0.1, 0.15) is 19.1 Å². The van der Waals surface area contributed by atoms with Crippen molar-refractivity contribution < 1.29 is 9.52 Å². The van der Waals surface area contributed by atoms with E-state index in [0.29, 0.717) is 12.3 Å². The van der Waals surface area contributed by atoms with Gasteiger partial charge in [-0.25, -0.2) is 0 Å². The molecule has 1 aromatic heterocycles. The minimum absolute atomic E-state index is 0.296. The van der Waals surface area contributed by atoms with Crippen LogP contribution in [0.15, 0.2) is 21.6 Å². The maximum absolute atomic E-state index is 9.65. The number of rotatable bonds is 7. The second-order valence-electron chi connectivity index (χ2n) is 3.51. The van der Waals surface area contributed by atoms with Gasteiger partial charge in [-0.1, -0.05) is 6.92 Å². The number of furan rings is 1. The van der Waals surface area contributed by atoms with Gasteiger partial charge in [0, 0.05) is 17.2 Å². The Balaban J connectivity index is 2.16. The highest BCUT2D eigenvalue weighted by Crippen LogP contribution is 2.23. The molecule has 0 spiro atoms. The van der Waals surface area contributed by atoms with E-state index in [-0.39, 0.29) is 6.10 Å². The first-order valence-corrected chi connectivity index (χ1v) is 6.28. The number of thioether (sulfide) groups is 1. The van der Waals surface area contributed by atoms with Crippen LogP contribution in [0.3, 0.4) is 0 Å². The SMILES string of the molecule is CCCNCC(O)CSc1ccoc1C. The fourth-order valence-corrected chi connectivity index (χ4v) is 2.11. The van der Waals surface area contributed by atoms with Gasteiger partial charge in [0.2, 0.25) is 0 Å². The van der Waals surface area contributed by atoms with Crippen LogP contribution < -0.4 is 5.32 Å². The molecular formula is C11H19NO2S. The third-order valence-corrected chi connectivity index (χ3v) is 3.34. The third-order valence-electron chi connectivity index (χ3n) is 2.05. The van der Waals surface area contributed by atoms with Crippen LogP contribution in [0.4, 0.5) is 0 Å². The zero-order chi connectivity index (χ0) is 11.1. The molecule has 0 fully saturated rings. The van der Waals surface area contributed by atoms with Gasteiger partial charge < -0.3 is 14.8 Å². The van der Waals surface area contributed by atoms with Gasteiger partial charge in [-0.15, -0.1) is 11.8 Å². The summed E-state index contributed by atoms with van der Waals surface area (Å²) in [5.74, 6) is 1.63. The number of hydrogen-bond donors (Lipinski definition) is 2. The Labute approximate surface area is 95.2 Å². The Hall–Kier alpha value is -0.450. The number of aryl methyl sites for hydroxylation is 1. The molecular weight excluding hydrogens is 210 g/mol. The Morgan fingerprint density at radius 2 is 2.40 bits per heavy atom. The molecule has 0 saturated carbocycles. The monoisotopic (exact) mass is 229 g/mol. The third kappa shape index (κ3) is 4.73. The molecule has 1 rings (SSSR count). The fourth-order valence-electron chi connectivity index (χ4n) is 1.21. The highest BCUT2D eigenvalue weighted by Gasteiger charge is 2.07. The molecule has 0 radical (unpaired) electrons. The Morgan fingerprint density at radius 3 is 3.00 bits per heavy atom. The molecule has 2 N–H and O–H groups in total. The van der Waals surface area contributed by atoms with E-state index in [2.05, 4.69) is 12.2 Å². The van der Waals surface area contributed by atoms with Gasteiger partial charge in [0.1, 0.15) is 5.76 Å². The maximum Gasteiger partial charge on any atom is 0.114 e. The Morgan fingerprint density at radius 1 is 1.60 bits per heavy atom.